The molecule has 1 fully saturated rings. The van der Waals surface area contributed by atoms with Crippen molar-refractivity contribution < 1.29 is 23.1 Å². The standard InChI is InChI=1S/C24H16F2I2N2O3/c25-17-5-1-14(2-6-17)12-30-23(31)21(29-24(30)32)11-16-9-19(27)22(20(28)10-16)33-13-15-3-7-18(26)8-4-15/h1-11H,12-13H2,(H,29,32)/b21-11+. The molecule has 0 aliphatic carbocycles. The van der Waals surface area contributed by atoms with E-state index in [0.29, 0.717) is 17.9 Å². The summed E-state index contributed by atoms with van der Waals surface area (Å²) in [6, 6.07) is 14.9. The molecule has 3 aromatic carbocycles. The van der Waals surface area contributed by atoms with Crippen LogP contribution in [0.1, 0.15) is 16.7 Å². The monoisotopic (exact) mass is 672 g/mol. The van der Waals surface area contributed by atoms with Crippen molar-refractivity contribution >= 4 is 63.2 Å². The highest BCUT2D eigenvalue weighted by Gasteiger charge is 2.33. The lowest BCUT2D eigenvalue weighted by Gasteiger charge is -2.12. The van der Waals surface area contributed by atoms with Gasteiger partial charge in [-0.2, -0.15) is 0 Å². The Labute approximate surface area is 216 Å². The summed E-state index contributed by atoms with van der Waals surface area (Å²) in [5.74, 6) is -0.454. The summed E-state index contributed by atoms with van der Waals surface area (Å²) in [5, 5.41) is 2.60. The van der Waals surface area contributed by atoms with E-state index in [9.17, 15) is 18.4 Å². The van der Waals surface area contributed by atoms with E-state index in [4.69, 9.17) is 4.74 Å². The SMILES string of the molecule is O=C1N/C(=C/c2cc(I)c(OCc3ccc(F)cc3)c(I)c2)C(=O)N1Cc1ccc(F)cc1. The molecule has 3 aromatic rings. The van der Waals surface area contributed by atoms with Crippen LogP contribution in [0.15, 0.2) is 66.4 Å². The van der Waals surface area contributed by atoms with E-state index in [0.717, 1.165) is 23.2 Å². The number of rotatable bonds is 6. The zero-order valence-electron chi connectivity index (χ0n) is 16.9. The molecule has 9 heteroatoms. The van der Waals surface area contributed by atoms with Crippen molar-refractivity contribution in [2.45, 2.75) is 13.2 Å². The number of amides is 3. The molecule has 0 atom stereocenters. The summed E-state index contributed by atoms with van der Waals surface area (Å²) in [5.41, 5.74) is 2.38. The van der Waals surface area contributed by atoms with E-state index in [1.807, 2.05) is 12.1 Å². The van der Waals surface area contributed by atoms with Crippen molar-refractivity contribution in [3.63, 3.8) is 0 Å². The highest BCUT2D eigenvalue weighted by atomic mass is 127. The molecule has 168 valence electrons. The number of halogens is 4. The summed E-state index contributed by atoms with van der Waals surface area (Å²) in [7, 11) is 0. The minimum absolute atomic E-state index is 0.0491. The molecular weight excluding hydrogens is 656 g/mol. The quantitative estimate of drug-likeness (QED) is 0.204. The number of benzene rings is 3. The zero-order valence-corrected chi connectivity index (χ0v) is 21.3. The van der Waals surface area contributed by atoms with Crippen LogP contribution in [0.5, 0.6) is 5.75 Å². The Morgan fingerprint density at radius 2 is 1.42 bits per heavy atom. The average Bonchev–Trinajstić information content (AvgIpc) is 3.03. The number of imide groups is 1. The molecule has 0 aromatic heterocycles. The largest absolute Gasteiger partial charge is 0.487 e. The maximum Gasteiger partial charge on any atom is 0.329 e. The van der Waals surface area contributed by atoms with Crippen LogP contribution in [0.3, 0.4) is 0 Å². The smallest absolute Gasteiger partial charge is 0.329 e. The first kappa shape index (κ1) is 23.6. The van der Waals surface area contributed by atoms with Crippen LogP contribution in [-0.2, 0) is 17.9 Å². The number of urea groups is 1. The summed E-state index contributed by atoms with van der Waals surface area (Å²) in [6.07, 6.45) is 1.61. The molecule has 1 heterocycles. The first-order valence-corrected chi connectivity index (χ1v) is 11.9. The molecule has 3 amide bonds. The van der Waals surface area contributed by atoms with E-state index < -0.39 is 11.9 Å². The molecule has 0 radical (unpaired) electrons. The lowest BCUT2D eigenvalue weighted by molar-refractivity contribution is -0.123. The van der Waals surface area contributed by atoms with Gasteiger partial charge >= 0.3 is 6.03 Å². The minimum Gasteiger partial charge on any atom is -0.487 e. The first-order valence-electron chi connectivity index (χ1n) is 9.75. The van der Waals surface area contributed by atoms with Gasteiger partial charge in [-0.15, -0.1) is 0 Å². The van der Waals surface area contributed by atoms with Gasteiger partial charge in [-0.25, -0.2) is 13.6 Å². The zero-order chi connectivity index (χ0) is 23.5. The third-order valence-electron chi connectivity index (χ3n) is 4.84. The summed E-state index contributed by atoms with van der Waals surface area (Å²) in [6.45, 7) is 0.340. The normalized spacial score (nSPS) is 14.7. The van der Waals surface area contributed by atoms with Crippen molar-refractivity contribution in [2.24, 2.45) is 0 Å². The predicted molar refractivity (Wildman–Crippen MR) is 136 cm³/mol. The van der Waals surface area contributed by atoms with E-state index in [1.165, 1.54) is 36.4 Å². The van der Waals surface area contributed by atoms with Crippen LogP contribution in [0.25, 0.3) is 6.08 Å². The molecule has 0 saturated carbocycles. The van der Waals surface area contributed by atoms with E-state index in [-0.39, 0.29) is 23.9 Å². The van der Waals surface area contributed by atoms with Gasteiger partial charge in [-0.05, 0) is 104 Å². The second-order valence-electron chi connectivity index (χ2n) is 7.23. The lowest BCUT2D eigenvalue weighted by atomic mass is 10.1. The van der Waals surface area contributed by atoms with Crippen LogP contribution in [0, 0.1) is 18.8 Å². The van der Waals surface area contributed by atoms with E-state index in [1.54, 1.807) is 18.2 Å². The highest BCUT2D eigenvalue weighted by molar-refractivity contribution is 14.1. The van der Waals surface area contributed by atoms with Gasteiger partial charge in [0, 0.05) is 0 Å². The maximum atomic E-state index is 13.1. The Morgan fingerprint density at radius 1 is 0.879 bits per heavy atom. The molecule has 1 aliphatic heterocycles. The second kappa shape index (κ2) is 10.2. The lowest BCUT2D eigenvalue weighted by Crippen LogP contribution is -2.30. The van der Waals surface area contributed by atoms with Crippen molar-refractivity contribution in [1.29, 1.82) is 0 Å². The number of hydrogen-bond acceptors (Lipinski definition) is 3. The summed E-state index contributed by atoms with van der Waals surface area (Å²) < 4.78 is 33.8. The van der Waals surface area contributed by atoms with Gasteiger partial charge in [0.25, 0.3) is 5.91 Å². The fourth-order valence-corrected chi connectivity index (χ4v) is 5.32. The van der Waals surface area contributed by atoms with Crippen LogP contribution < -0.4 is 10.1 Å². The first-order chi connectivity index (χ1) is 15.8. The van der Waals surface area contributed by atoms with E-state index in [2.05, 4.69) is 50.5 Å². The number of nitrogens with zero attached hydrogens (tertiary/aromatic N) is 1. The summed E-state index contributed by atoms with van der Waals surface area (Å²) >= 11 is 4.29. The molecule has 1 aliphatic rings. The van der Waals surface area contributed by atoms with Gasteiger partial charge in [0.1, 0.15) is 29.7 Å². The molecule has 0 spiro atoms. The molecular formula is C24H16F2I2N2O3. The molecule has 1 N–H and O–H groups in total. The van der Waals surface area contributed by atoms with Crippen molar-refractivity contribution in [2.75, 3.05) is 0 Å². The Bertz CT molecular complexity index is 1220. The van der Waals surface area contributed by atoms with Crippen molar-refractivity contribution in [3.05, 3.63) is 102 Å². The van der Waals surface area contributed by atoms with Crippen molar-refractivity contribution in [1.82, 2.24) is 10.2 Å². The number of nitrogens with one attached hydrogen (secondary N) is 1. The fraction of sp³-hybridized carbons (Fsp3) is 0.0833. The topological polar surface area (TPSA) is 58.6 Å². The van der Waals surface area contributed by atoms with Crippen LogP contribution >= 0.6 is 45.2 Å². The highest BCUT2D eigenvalue weighted by Crippen LogP contribution is 2.31. The average molecular weight is 672 g/mol. The fourth-order valence-electron chi connectivity index (χ4n) is 3.19. The van der Waals surface area contributed by atoms with Crippen LogP contribution in [0.2, 0.25) is 0 Å². The third kappa shape index (κ3) is 5.69. The number of carbonyl (C=O) groups is 2. The van der Waals surface area contributed by atoms with Crippen molar-refractivity contribution in [3.8, 4) is 5.75 Å². The van der Waals surface area contributed by atoms with Crippen LogP contribution in [0.4, 0.5) is 13.6 Å². The predicted octanol–water partition coefficient (Wildman–Crippen LogP) is 5.85. The Balaban J connectivity index is 1.49. The molecule has 5 nitrogen and oxygen atoms in total. The number of ether oxygens (including phenoxy) is 1. The molecule has 1 saturated heterocycles. The Hall–Kier alpha value is -2.54. The third-order valence-corrected chi connectivity index (χ3v) is 6.45. The number of hydrogen-bond donors (Lipinski definition) is 1. The van der Waals surface area contributed by atoms with E-state index >= 15 is 0 Å². The minimum atomic E-state index is -0.528. The molecule has 4 rings (SSSR count). The molecule has 0 bridgehead atoms. The molecule has 0 unspecified atom stereocenters. The van der Waals surface area contributed by atoms with Gasteiger partial charge in [0.15, 0.2) is 0 Å². The summed E-state index contributed by atoms with van der Waals surface area (Å²) in [4.78, 5) is 26.2. The Morgan fingerprint density at radius 3 is 2.00 bits per heavy atom. The maximum absolute atomic E-state index is 13.1. The Kier molecular flexibility index (Phi) is 7.27. The molecule has 33 heavy (non-hydrogen) atoms. The van der Waals surface area contributed by atoms with Gasteiger partial charge in [-0.1, -0.05) is 24.3 Å². The van der Waals surface area contributed by atoms with Gasteiger partial charge in [0.2, 0.25) is 0 Å². The second-order valence-corrected chi connectivity index (χ2v) is 9.56. The van der Waals surface area contributed by atoms with Crippen LogP contribution in [-0.4, -0.2) is 16.8 Å². The van der Waals surface area contributed by atoms with Gasteiger partial charge in [0.05, 0.1) is 13.7 Å². The van der Waals surface area contributed by atoms with Gasteiger partial charge in [-0.3, -0.25) is 9.69 Å². The van der Waals surface area contributed by atoms with Gasteiger partial charge < -0.3 is 10.1 Å². The number of carbonyl (C=O) groups excluding carboxylic acids is 2.